The maximum Gasteiger partial charge on any atom is 0.108 e. The molecule has 0 heterocycles. The first-order valence-corrected chi connectivity index (χ1v) is 2.90. The second-order valence-electron chi connectivity index (χ2n) is 1.63. The van der Waals surface area contributed by atoms with E-state index in [0.29, 0.717) is 6.61 Å². The van der Waals surface area contributed by atoms with E-state index in [1.165, 1.54) is 6.21 Å². The van der Waals surface area contributed by atoms with Crippen molar-refractivity contribution in [1.29, 1.82) is 5.41 Å². The molecule has 0 aliphatic carbocycles. The largest absolute Gasteiger partial charge is 0.360 e. The van der Waals surface area contributed by atoms with Gasteiger partial charge in [0.25, 0.3) is 0 Å². The summed E-state index contributed by atoms with van der Waals surface area (Å²) < 4.78 is 5.01. The molecule has 0 saturated carbocycles. The topological polar surface area (TPSA) is 33.1 Å². The first-order valence-electron chi connectivity index (χ1n) is 2.90. The number of terminal acetylenes is 1. The van der Waals surface area contributed by atoms with E-state index in [9.17, 15) is 0 Å². The van der Waals surface area contributed by atoms with Gasteiger partial charge < -0.3 is 10.1 Å². The minimum Gasteiger partial charge on any atom is -0.360 e. The van der Waals surface area contributed by atoms with Crippen molar-refractivity contribution >= 4 is 6.21 Å². The van der Waals surface area contributed by atoms with E-state index in [2.05, 4.69) is 5.92 Å². The minimum atomic E-state index is -0.0963. The van der Waals surface area contributed by atoms with Gasteiger partial charge in [0.05, 0.1) is 6.10 Å². The Labute approximate surface area is 55.7 Å². The Kier molecular flexibility index (Phi) is 4.85. The Balaban J connectivity index is 3.33. The van der Waals surface area contributed by atoms with Crippen LogP contribution in [0.25, 0.3) is 0 Å². The van der Waals surface area contributed by atoms with Crippen molar-refractivity contribution in [2.75, 3.05) is 6.61 Å². The van der Waals surface area contributed by atoms with E-state index >= 15 is 0 Å². The summed E-state index contributed by atoms with van der Waals surface area (Å²) in [5.41, 5.74) is 0. The second kappa shape index (κ2) is 5.33. The number of ether oxygens (including phenoxy) is 1. The zero-order valence-electron chi connectivity index (χ0n) is 5.55. The summed E-state index contributed by atoms with van der Waals surface area (Å²) in [5, 5.41) is 6.82. The number of hydrogen-bond donors (Lipinski definition) is 1. The van der Waals surface area contributed by atoms with Gasteiger partial charge in [-0.25, -0.2) is 0 Å². The highest BCUT2D eigenvalue weighted by atomic mass is 16.5. The molecule has 0 fully saturated rings. The second-order valence-corrected chi connectivity index (χ2v) is 1.63. The minimum absolute atomic E-state index is 0.0963. The zero-order chi connectivity index (χ0) is 7.11. The van der Waals surface area contributed by atoms with Crippen molar-refractivity contribution < 1.29 is 4.74 Å². The average Bonchev–Trinajstić information content (AvgIpc) is 1.91. The highest BCUT2D eigenvalue weighted by Crippen LogP contribution is 1.91. The summed E-state index contributed by atoms with van der Waals surface area (Å²) in [6.07, 6.45) is 6.91. The molecule has 1 N–H and O–H groups in total. The molecule has 2 nitrogen and oxygen atoms in total. The summed E-state index contributed by atoms with van der Waals surface area (Å²) >= 11 is 0. The molecule has 1 atom stereocenters. The molecule has 0 aliphatic rings. The first kappa shape index (κ1) is 8.19. The van der Waals surface area contributed by atoms with E-state index in [1.54, 1.807) is 0 Å². The summed E-state index contributed by atoms with van der Waals surface area (Å²) in [5.74, 6) is 2.34. The summed E-state index contributed by atoms with van der Waals surface area (Å²) in [7, 11) is 0. The van der Waals surface area contributed by atoms with Crippen LogP contribution in [0.4, 0.5) is 0 Å². The third-order valence-corrected chi connectivity index (χ3v) is 0.969. The van der Waals surface area contributed by atoms with Crippen LogP contribution in [-0.2, 0) is 4.74 Å². The molecule has 0 saturated heterocycles. The van der Waals surface area contributed by atoms with Gasteiger partial charge in [0.15, 0.2) is 0 Å². The predicted octanol–water partition coefficient (Wildman–Crippen LogP) is 1.06. The van der Waals surface area contributed by atoms with E-state index in [4.69, 9.17) is 16.6 Å². The smallest absolute Gasteiger partial charge is 0.108 e. The van der Waals surface area contributed by atoms with Gasteiger partial charge in [-0.1, -0.05) is 12.8 Å². The van der Waals surface area contributed by atoms with Gasteiger partial charge in [0.1, 0.15) is 6.61 Å². The fourth-order valence-corrected chi connectivity index (χ4v) is 0.439. The number of nitrogens with one attached hydrogen (secondary N) is 1. The number of rotatable bonds is 4. The molecule has 0 radical (unpaired) electrons. The molecular formula is C7H11NO. The molecule has 0 aromatic rings. The molecule has 0 bridgehead atoms. The van der Waals surface area contributed by atoms with E-state index in [1.807, 2.05) is 6.92 Å². The molecule has 50 valence electrons. The Morgan fingerprint density at radius 1 is 1.89 bits per heavy atom. The lowest BCUT2D eigenvalue weighted by molar-refractivity contribution is 0.127. The van der Waals surface area contributed by atoms with Crippen LogP contribution in [0.2, 0.25) is 0 Å². The molecule has 0 aromatic heterocycles. The summed E-state index contributed by atoms with van der Waals surface area (Å²) in [4.78, 5) is 0. The first-order chi connectivity index (χ1) is 4.35. The van der Waals surface area contributed by atoms with Crippen molar-refractivity contribution in [2.24, 2.45) is 0 Å². The van der Waals surface area contributed by atoms with Crippen molar-refractivity contribution in [3.63, 3.8) is 0 Å². The third-order valence-electron chi connectivity index (χ3n) is 0.969. The van der Waals surface area contributed by atoms with Crippen LogP contribution < -0.4 is 0 Å². The van der Waals surface area contributed by atoms with Crippen LogP contribution in [0.3, 0.4) is 0 Å². The molecule has 0 aliphatic heterocycles. The maximum atomic E-state index is 6.82. The molecule has 0 amide bonds. The molecule has 0 spiro atoms. The Bertz CT molecular complexity index is 115. The van der Waals surface area contributed by atoms with Gasteiger partial charge in [0.2, 0.25) is 0 Å². The van der Waals surface area contributed by atoms with Crippen LogP contribution >= 0.6 is 0 Å². The van der Waals surface area contributed by atoms with Gasteiger partial charge in [-0.3, -0.25) is 0 Å². The lowest BCUT2D eigenvalue weighted by atomic mass is 10.3. The summed E-state index contributed by atoms with van der Waals surface area (Å²) in [6.45, 7) is 2.25. The van der Waals surface area contributed by atoms with Crippen molar-refractivity contribution in [3.8, 4) is 12.3 Å². The monoisotopic (exact) mass is 125 g/mol. The van der Waals surface area contributed by atoms with Crippen LogP contribution in [-0.4, -0.2) is 18.9 Å². The Morgan fingerprint density at radius 3 is 2.89 bits per heavy atom. The van der Waals surface area contributed by atoms with Crippen LogP contribution in [0.15, 0.2) is 0 Å². The molecule has 0 rings (SSSR count). The SMILES string of the molecule is C#CCOC(C=N)CC. The molecule has 0 aromatic carbocycles. The zero-order valence-corrected chi connectivity index (χ0v) is 5.55. The van der Waals surface area contributed by atoms with Gasteiger partial charge in [-0.15, -0.1) is 6.42 Å². The van der Waals surface area contributed by atoms with Gasteiger partial charge in [0, 0.05) is 6.21 Å². The van der Waals surface area contributed by atoms with Crippen molar-refractivity contribution in [1.82, 2.24) is 0 Å². The fourth-order valence-electron chi connectivity index (χ4n) is 0.439. The molecule has 1 unspecified atom stereocenters. The normalized spacial score (nSPS) is 12.0. The van der Waals surface area contributed by atoms with E-state index in [-0.39, 0.29) is 6.10 Å². The maximum absolute atomic E-state index is 6.82. The third kappa shape index (κ3) is 3.75. The number of hydrogen-bond acceptors (Lipinski definition) is 2. The average molecular weight is 125 g/mol. The van der Waals surface area contributed by atoms with Crippen LogP contribution in [0, 0.1) is 17.8 Å². The molecule has 9 heavy (non-hydrogen) atoms. The summed E-state index contributed by atoms with van der Waals surface area (Å²) in [6, 6.07) is 0. The van der Waals surface area contributed by atoms with E-state index < -0.39 is 0 Å². The molecule has 2 heteroatoms. The predicted molar refractivity (Wildman–Crippen MR) is 37.6 cm³/mol. The quantitative estimate of drug-likeness (QED) is 0.442. The highest BCUT2D eigenvalue weighted by Gasteiger charge is 1.97. The lowest BCUT2D eigenvalue weighted by Crippen LogP contribution is -2.12. The van der Waals surface area contributed by atoms with Crippen LogP contribution in [0.5, 0.6) is 0 Å². The molecular weight excluding hydrogens is 114 g/mol. The van der Waals surface area contributed by atoms with Gasteiger partial charge in [-0.2, -0.15) is 0 Å². The lowest BCUT2D eigenvalue weighted by Gasteiger charge is -2.05. The van der Waals surface area contributed by atoms with Crippen molar-refractivity contribution in [3.05, 3.63) is 0 Å². The Morgan fingerprint density at radius 2 is 2.56 bits per heavy atom. The highest BCUT2D eigenvalue weighted by molar-refractivity contribution is 5.58. The van der Waals surface area contributed by atoms with Crippen LogP contribution in [0.1, 0.15) is 13.3 Å². The Hall–Kier alpha value is -0.810. The standard InChI is InChI=1S/C7H11NO/c1-3-5-9-7(4-2)6-8/h1,6-8H,4-5H2,2H3. The fraction of sp³-hybridized carbons (Fsp3) is 0.571. The van der Waals surface area contributed by atoms with Gasteiger partial charge >= 0.3 is 0 Å². The van der Waals surface area contributed by atoms with Gasteiger partial charge in [-0.05, 0) is 6.42 Å². The van der Waals surface area contributed by atoms with E-state index in [0.717, 1.165) is 6.42 Å². The van der Waals surface area contributed by atoms with Crippen molar-refractivity contribution in [2.45, 2.75) is 19.4 Å².